The van der Waals surface area contributed by atoms with Gasteiger partial charge in [0.15, 0.2) is 6.61 Å². The van der Waals surface area contributed by atoms with Crippen molar-refractivity contribution in [3.8, 4) is 10.6 Å². The first-order chi connectivity index (χ1) is 14.1. The van der Waals surface area contributed by atoms with Crippen molar-refractivity contribution < 1.29 is 14.3 Å². The van der Waals surface area contributed by atoms with Crippen LogP contribution in [-0.4, -0.2) is 28.5 Å². The molecule has 0 unspecified atom stereocenters. The highest BCUT2D eigenvalue weighted by molar-refractivity contribution is 7.13. The van der Waals surface area contributed by atoms with E-state index in [9.17, 15) is 9.59 Å². The van der Waals surface area contributed by atoms with Crippen LogP contribution in [0.4, 0.5) is 5.69 Å². The number of amides is 1. The molecule has 0 spiro atoms. The quantitative estimate of drug-likeness (QED) is 0.556. The van der Waals surface area contributed by atoms with Crippen molar-refractivity contribution in [2.75, 3.05) is 11.9 Å². The summed E-state index contributed by atoms with van der Waals surface area (Å²) in [6.45, 7) is 3.88. The summed E-state index contributed by atoms with van der Waals surface area (Å²) < 4.78 is 5.12. The molecule has 2 aromatic heterocycles. The highest BCUT2D eigenvalue weighted by Crippen LogP contribution is 2.26. The zero-order chi connectivity index (χ0) is 20.6. The molecule has 2 heterocycles. The SMILES string of the molecule is CC[C@@H](C)c1ccccc1NC(=O)COC(=O)Cc1csc(-c2cccnc2)n1. The van der Waals surface area contributed by atoms with Gasteiger partial charge in [-0.2, -0.15) is 0 Å². The zero-order valence-corrected chi connectivity index (χ0v) is 17.2. The Morgan fingerprint density at radius 3 is 2.79 bits per heavy atom. The Labute approximate surface area is 174 Å². The van der Waals surface area contributed by atoms with Crippen LogP contribution in [0, 0.1) is 0 Å². The molecule has 0 aliphatic rings. The average molecular weight is 410 g/mol. The molecule has 0 radical (unpaired) electrons. The molecule has 3 aromatic rings. The van der Waals surface area contributed by atoms with E-state index in [-0.39, 0.29) is 18.9 Å². The van der Waals surface area contributed by atoms with Crippen LogP contribution < -0.4 is 5.32 Å². The Kier molecular flexibility index (Phi) is 7.08. The van der Waals surface area contributed by atoms with Gasteiger partial charge in [0.2, 0.25) is 0 Å². The smallest absolute Gasteiger partial charge is 0.312 e. The van der Waals surface area contributed by atoms with Crippen LogP contribution in [0.15, 0.2) is 54.2 Å². The highest BCUT2D eigenvalue weighted by Gasteiger charge is 2.14. The minimum Gasteiger partial charge on any atom is -0.455 e. The number of ether oxygens (including phenoxy) is 1. The Morgan fingerprint density at radius 1 is 1.21 bits per heavy atom. The van der Waals surface area contributed by atoms with Gasteiger partial charge < -0.3 is 10.1 Å². The number of benzene rings is 1. The van der Waals surface area contributed by atoms with E-state index in [0.29, 0.717) is 11.6 Å². The van der Waals surface area contributed by atoms with Crippen LogP contribution >= 0.6 is 11.3 Å². The van der Waals surface area contributed by atoms with Gasteiger partial charge in [-0.15, -0.1) is 11.3 Å². The molecule has 0 aliphatic heterocycles. The number of esters is 1. The first kappa shape index (κ1) is 20.7. The molecule has 0 saturated heterocycles. The van der Waals surface area contributed by atoms with Crippen molar-refractivity contribution in [1.82, 2.24) is 9.97 Å². The molecule has 7 heteroatoms. The van der Waals surface area contributed by atoms with E-state index < -0.39 is 5.97 Å². The van der Waals surface area contributed by atoms with E-state index in [4.69, 9.17) is 4.74 Å². The monoisotopic (exact) mass is 409 g/mol. The Hall–Kier alpha value is -3.06. The number of anilines is 1. The highest BCUT2D eigenvalue weighted by atomic mass is 32.1. The van der Waals surface area contributed by atoms with Crippen LogP contribution in [0.5, 0.6) is 0 Å². The summed E-state index contributed by atoms with van der Waals surface area (Å²) in [6.07, 6.45) is 4.41. The Morgan fingerprint density at radius 2 is 2.03 bits per heavy atom. The van der Waals surface area contributed by atoms with E-state index in [2.05, 4.69) is 29.1 Å². The summed E-state index contributed by atoms with van der Waals surface area (Å²) in [5.41, 5.74) is 3.33. The fraction of sp³-hybridized carbons (Fsp3) is 0.273. The van der Waals surface area contributed by atoms with Crippen LogP contribution in [0.1, 0.15) is 37.4 Å². The molecule has 0 bridgehead atoms. The summed E-state index contributed by atoms with van der Waals surface area (Å²) in [7, 11) is 0. The molecule has 29 heavy (non-hydrogen) atoms. The number of carbonyl (C=O) groups is 2. The molecule has 1 aromatic carbocycles. The molecule has 1 N–H and O–H groups in total. The number of aromatic nitrogens is 2. The largest absolute Gasteiger partial charge is 0.455 e. The van der Waals surface area contributed by atoms with Crippen molar-refractivity contribution in [1.29, 1.82) is 0 Å². The number of nitrogens with zero attached hydrogens (tertiary/aromatic N) is 2. The minimum atomic E-state index is -0.488. The molecule has 0 saturated carbocycles. The van der Waals surface area contributed by atoms with E-state index in [1.807, 2.05) is 41.8 Å². The standard InChI is InChI=1S/C22H23N3O3S/c1-3-15(2)18-8-4-5-9-19(18)25-20(26)13-28-21(27)11-17-14-29-22(24-17)16-7-6-10-23-12-16/h4-10,12,14-15H,3,11,13H2,1-2H3,(H,25,26)/t15-/m1/s1. The van der Waals surface area contributed by atoms with Gasteiger partial charge in [0.25, 0.3) is 5.91 Å². The van der Waals surface area contributed by atoms with Crippen LogP contribution in [0.2, 0.25) is 0 Å². The molecule has 0 aliphatic carbocycles. The molecule has 3 rings (SSSR count). The fourth-order valence-electron chi connectivity index (χ4n) is 2.80. The summed E-state index contributed by atoms with van der Waals surface area (Å²) in [4.78, 5) is 32.8. The third-order valence-electron chi connectivity index (χ3n) is 4.53. The third-order valence-corrected chi connectivity index (χ3v) is 5.47. The second-order valence-corrected chi connectivity index (χ2v) is 7.53. The molecule has 0 fully saturated rings. The van der Waals surface area contributed by atoms with Crippen LogP contribution in [0.3, 0.4) is 0 Å². The number of para-hydroxylation sites is 1. The summed E-state index contributed by atoms with van der Waals surface area (Å²) in [5, 5.41) is 5.44. The molecule has 1 amide bonds. The van der Waals surface area contributed by atoms with E-state index in [0.717, 1.165) is 28.2 Å². The number of hydrogen-bond donors (Lipinski definition) is 1. The predicted molar refractivity (Wildman–Crippen MR) is 114 cm³/mol. The molecule has 150 valence electrons. The maximum atomic E-state index is 12.2. The first-order valence-corrected chi connectivity index (χ1v) is 10.3. The predicted octanol–water partition coefficient (Wildman–Crippen LogP) is 4.44. The van der Waals surface area contributed by atoms with Gasteiger partial charge in [-0.05, 0) is 36.1 Å². The number of rotatable bonds is 8. The van der Waals surface area contributed by atoms with Crippen molar-refractivity contribution in [2.24, 2.45) is 0 Å². The maximum Gasteiger partial charge on any atom is 0.312 e. The second-order valence-electron chi connectivity index (χ2n) is 6.67. The van der Waals surface area contributed by atoms with Crippen LogP contribution in [-0.2, 0) is 20.7 Å². The Balaban J connectivity index is 1.51. The summed E-state index contributed by atoms with van der Waals surface area (Å²) in [5.74, 6) is -0.519. The van der Waals surface area contributed by atoms with Gasteiger partial charge in [0.1, 0.15) is 5.01 Å². The normalized spacial score (nSPS) is 11.7. The lowest BCUT2D eigenvalue weighted by atomic mass is 9.97. The number of hydrogen-bond acceptors (Lipinski definition) is 6. The number of pyridine rings is 1. The van der Waals surface area contributed by atoms with E-state index in [1.165, 1.54) is 11.3 Å². The van der Waals surface area contributed by atoms with E-state index in [1.54, 1.807) is 12.4 Å². The van der Waals surface area contributed by atoms with Gasteiger partial charge in [-0.25, -0.2) is 4.98 Å². The van der Waals surface area contributed by atoms with Gasteiger partial charge in [-0.3, -0.25) is 14.6 Å². The second kappa shape index (κ2) is 9.93. The summed E-state index contributed by atoms with van der Waals surface area (Å²) in [6, 6.07) is 11.4. The van der Waals surface area contributed by atoms with Gasteiger partial charge in [0.05, 0.1) is 12.1 Å². The molecule has 1 atom stereocenters. The third kappa shape index (κ3) is 5.71. The molecular formula is C22H23N3O3S. The lowest BCUT2D eigenvalue weighted by molar-refractivity contribution is -0.146. The fourth-order valence-corrected chi connectivity index (χ4v) is 3.61. The van der Waals surface area contributed by atoms with Gasteiger partial charge >= 0.3 is 5.97 Å². The van der Waals surface area contributed by atoms with Crippen LogP contribution in [0.25, 0.3) is 10.6 Å². The van der Waals surface area contributed by atoms with Gasteiger partial charge in [0, 0.05) is 29.0 Å². The minimum absolute atomic E-state index is 0.0213. The van der Waals surface area contributed by atoms with Crippen molar-refractivity contribution in [2.45, 2.75) is 32.6 Å². The van der Waals surface area contributed by atoms with Crippen molar-refractivity contribution in [3.63, 3.8) is 0 Å². The maximum absolute atomic E-state index is 12.2. The first-order valence-electron chi connectivity index (χ1n) is 9.46. The number of nitrogens with one attached hydrogen (secondary N) is 1. The lowest BCUT2D eigenvalue weighted by Gasteiger charge is -2.15. The summed E-state index contributed by atoms with van der Waals surface area (Å²) >= 11 is 1.44. The Bertz CT molecular complexity index is 972. The van der Waals surface area contributed by atoms with Crippen molar-refractivity contribution >= 4 is 28.9 Å². The molecular weight excluding hydrogens is 386 g/mol. The van der Waals surface area contributed by atoms with Gasteiger partial charge in [-0.1, -0.05) is 32.0 Å². The number of carbonyl (C=O) groups excluding carboxylic acids is 2. The van der Waals surface area contributed by atoms with Crippen molar-refractivity contribution in [3.05, 3.63) is 65.4 Å². The topological polar surface area (TPSA) is 81.2 Å². The number of thiazole rings is 1. The molecule has 6 nitrogen and oxygen atoms in total. The lowest BCUT2D eigenvalue weighted by Crippen LogP contribution is -2.22. The zero-order valence-electron chi connectivity index (χ0n) is 16.4. The van der Waals surface area contributed by atoms with E-state index >= 15 is 0 Å². The average Bonchev–Trinajstić information content (AvgIpc) is 3.21.